The summed E-state index contributed by atoms with van der Waals surface area (Å²) in [5, 5.41) is 9.30. The van der Waals surface area contributed by atoms with Crippen molar-refractivity contribution in [3.8, 4) is 11.8 Å². The number of hydrogen-bond acceptors (Lipinski definition) is 4. The van der Waals surface area contributed by atoms with Gasteiger partial charge >= 0.3 is 0 Å². The highest BCUT2D eigenvalue weighted by Gasteiger charge is 2.29. The summed E-state index contributed by atoms with van der Waals surface area (Å²) in [7, 11) is -3.58. The van der Waals surface area contributed by atoms with Crippen molar-refractivity contribution >= 4 is 21.8 Å². The van der Waals surface area contributed by atoms with Crippen molar-refractivity contribution in [1.82, 2.24) is 4.72 Å². The lowest BCUT2D eigenvalue weighted by atomic mass is 10.2. The molecule has 1 aliphatic rings. The van der Waals surface area contributed by atoms with Crippen LogP contribution in [0, 0.1) is 11.8 Å². The monoisotopic (exact) mass is 325 g/mol. The molecule has 6 heteroatoms. The Bertz CT molecular complexity index is 646. The van der Waals surface area contributed by atoms with Gasteiger partial charge in [-0.3, -0.25) is 0 Å². The van der Waals surface area contributed by atoms with Crippen LogP contribution in [0.2, 0.25) is 0 Å². The second-order valence-corrected chi connectivity index (χ2v) is 7.77. The van der Waals surface area contributed by atoms with Crippen LogP contribution in [0.3, 0.4) is 0 Å². The van der Waals surface area contributed by atoms with Crippen molar-refractivity contribution in [2.24, 2.45) is 0 Å². The topological polar surface area (TPSA) is 66.4 Å². The first kappa shape index (κ1) is 16.4. The standard InChI is InChI=1S/C15H19NO3S2/c1-20-14-9-8-13(11-14)16-21(18,19)15-7-3-2-5-12(15)6-4-10-17/h2-3,5,7,13-14,16-17H,8-11H2,1H3. The second kappa shape index (κ2) is 7.32. The smallest absolute Gasteiger partial charge is 0.242 e. The summed E-state index contributed by atoms with van der Waals surface area (Å²) in [6.45, 7) is -0.292. The molecule has 1 saturated carbocycles. The molecule has 2 atom stereocenters. The molecule has 0 aliphatic heterocycles. The van der Waals surface area contributed by atoms with Gasteiger partial charge < -0.3 is 5.11 Å². The number of benzene rings is 1. The summed E-state index contributed by atoms with van der Waals surface area (Å²) >= 11 is 1.79. The third-order valence-corrected chi connectivity index (χ3v) is 6.19. The third-order valence-electron chi connectivity index (χ3n) is 3.52. The van der Waals surface area contributed by atoms with E-state index in [0.717, 1.165) is 19.3 Å². The van der Waals surface area contributed by atoms with Gasteiger partial charge in [0.1, 0.15) is 6.61 Å². The minimum atomic E-state index is -3.58. The number of aliphatic hydroxyl groups excluding tert-OH is 1. The van der Waals surface area contributed by atoms with E-state index in [-0.39, 0.29) is 17.5 Å². The first-order chi connectivity index (χ1) is 10.1. The van der Waals surface area contributed by atoms with Crippen molar-refractivity contribution in [3.05, 3.63) is 29.8 Å². The van der Waals surface area contributed by atoms with Gasteiger partial charge in [0.05, 0.1) is 4.90 Å². The van der Waals surface area contributed by atoms with Gasteiger partial charge in [-0.25, -0.2) is 13.1 Å². The van der Waals surface area contributed by atoms with Gasteiger partial charge in [0, 0.05) is 16.9 Å². The largest absolute Gasteiger partial charge is 0.384 e. The van der Waals surface area contributed by atoms with Crippen LogP contribution in [-0.4, -0.2) is 37.7 Å². The number of nitrogens with one attached hydrogen (secondary N) is 1. The maximum atomic E-state index is 12.5. The molecule has 1 aromatic carbocycles. The number of aliphatic hydroxyl groups is 1. The fourth-order valence-electron chi connectivity index (χ4n) is 2.48. The predicted molar refractivity (Wildman–Crippen MR) is 85.7 cm³/mol. The average Bonchev–Trinajstić information content (AvgIpc) is 2.92. The Hall–Kier alpha value is -1.00. The average molecular weight is 325 g/mol. The van der Waals surface area contributed by atoms with E-state index >= 15 is 0 Å². The Labute approximate surface area is 130 Å². The molecule has 2 rings (SSSR count). The summed E-state index contributed by atoms with van der Waals surface area (Å²) in [5.41, 5.74) is 0.415. The molecule has 0 radical (unpaired) electrons. The van der Waals surface area contributed by atoms with Crippen LogP contribution >= 0.6 is 11.8 Å². The second-order valence-electron chi connectivity index (χ2n) is 4.95. The zero-order valence-electron chi connectivity index (χ0n) is 11.9. The van der Waals surface area contributed by atoms with Crippen LogP contribution in [0.15, 0.2) is 29.2 Å². The quantitative estimate of drug-likeness (QED) is 0.825. The SMILES string of the molecule is CSC1CCC(NS(=O)(=O)c2ccccc2C#CCO)C1. The maximum absolute atomic E-state index is 12.5. The van der Waals surface area contributed by atoms with Crippen LogP contribution in [0.4, 0.5) is 0 Å². The zero-order valence-corrected chi connectivity index (χ0v) is 13.5. The number of sulfonamides is 1. The molecular weight excluding hydrogens is 306 g/mol. The van der Waals surface area contributed by atoms with Crippen molar-refractivity contribution in [2.75, 3.05) is 12.9 Å². The van der Waals surface area contributed by atoms with E-state index in [1.165, 1.54) is 0 Å². The lowest BCUT2D eigenvalue weighted by Gasteiger charge is -2.14. The van der Waals surface area contributed by atoms with E-state index < -0.39 is 10.0 Å². The number of rotatable bonds is 4. The summed E-state index contributed by atoms with van der Waals surface area (Å²) < 4.78 is 27.8. The van der Waals surface area contributed by atoms with Crippen molar-refractivity contribution in [1.29, 1.82) is 0 Å². The van der Waals surface area contributed by atoms with E-state index in [1.54, 1.807) is 36.0 Å². The summed E-state index contributed by atoms with van der Waals surface area (Å²) in [5.74, 6) is 5.19. The molecule has 2 unspecified atom stereocenters. The summed E-state index contributed by atoms with van der Waals surface area (Å²) in [4.78, 5) is 0.179. The minimum absolute atomic E-state index is 0.00805. The summed E-state index contributed by atoms with van der Waals surface area (Å²) in [6.07, 6.45) is 4.84. The van der Waals surface area contributed by atoms with Crippen LogP contribution in [-0.2, 0) is 10.0 Å². The van der Waals surface area contributed by atoms with Gasteiger partial charge in [-0.15, -0.1) is 0 Å². The Balaban J connectivity index is 2.20. The van der Waals surface area contributed by atoms with E-state index in [9.17, 15) is 8.42 Å². The number of hydrogen-bond donors (Lipinski definition) is 2. The molecule has 114 valence electrons. The normalized spacial score (nSPS) is 21.8. The molecule has 0 heterocycles. The molecule has 1 fully saturated rings. The first-order valence-corrected chi connectivity index (χ1v) is 9.58. The van der Waals surface area contributed by atoms with E-state index in [4.69, 9.17) is 5.11 Å². The Morgan fingerprint density at radius 3 is 2.81 bits per heavy atom. The molecule has 0 spiro atoms. The van der Waals surface area contributed by atoms with Crippen molar-refractivity contribution in [2.45, 2.75) is 35.4 Å². The molecule has 0 saturated heterocycles. The molecule has 0 aromatic heterocycles. The lowest BCUT2D eigenvalue weighted by molar-refractivity contribution is 0.350. The molecule has 21 heavy (non-hydrogen) atoms. The zero-order chi connectivity index (χ0) is 15.3. The molecule has 0 bridgehead atoms. The fraction of sp³-hybridized carbons (Fsp3) is 0.467. The summed E-state index contributed by atoms with van der Waals surface area (Å²) in [6, 6.07) is 6.60. The van der Waals surface area contributed by atoms with E-state index in [2.05, 4.69) is 22.8 Å². The van der Waals surface area contributed by atoms with E-state index in [0.29, 0.717) is 10.8 Å². The van der Waals surface area contributed by atoms with Crippen molar-refractivity contribution in [3.63, 3.8) is 0 Å². The molecular formula is C15H19NO3S2. The highest BCUT2D eigenvalue weighted by Crippen LogP contribution is 2.29. The van der Waals surface area contributed by atoms with Gasteiger partial charge in [0.2, 0.25) is 10.0 Å². The number of thioether (sulfide) groups is 1. The lowest BCUT2D eigenvalue weighted by Crippen LogP contribution is -2.33. The van der Waals surface area contributed by atoms with Crippen LogP contribution in [0.5, 0.6) is 0 Å². The molecule has 2 N–H and O–H groups in total. The fourth-order valence-corrected chi connectivity index (χ4v) is 4.73. The highest BCUT2D eigenvalue weighted by molar-refractivity contribution is 7.99. The third kappa shape index (κ3) is 4.24. The molecule has 4 nitrogen and oxygen atoms in total. The molecule has 1 aromatic rings. The van der Waals surface area contributed by atoms with Crippen molar-refractivity contribution < 1.29 is 13.5 Å². The van der Waals surface area contributed by atoms with Gasteiger partial charge in [-0.1, -0.05) is 24.0 Å². The molecule has 0 amide bonds. The Morgan fingerprint density at radius 1 is 1.38 bits per heavy atom. The van der Waals surface area contributed by atoms with Crippen LogP contribution < -0.4 is 4.72 Å². The van der Waals surface area contributed by atoms with Gasteiger partial charge in [0.15, 0.2) is 0 Å². The van der Waals surface area contributed by atoms with Crippen LogP contribution in [0.25, 0.3) is 0 Å². The highest BCUT2D eigenvalue weighted by atomic mass is 32.2. The van der Waals surface area contributed by atoms with E-state index in [1.807, 2.05) is 0 Å². The first-order valence-electron chi connectivity index (χ1n) is 6.80. The Morgan fingerprint density at radius 2 is 2.14 bits per heavy atom. The van der Waals surface area contributed by atoms with Crippen LogP contribution in [0.1, 0.15) is 24.8 Å². The maximum Gasteiger partial charge on any atom is 0.242 e. The minimum Gasteiger partial charge on any atom is -0.384 e. The predicted octanol–water partition coefficient (Wildman–Crippen LogP) is 1.59. The Kier molecular flexibility index (Phi) is 5.71. The van der Waals surface area contributed by atoms with Gasteiger partial charge in [0.25, 0.3) is 0 Å². The molecule has 1 aliphatic carbocycles. The van der Waals surface area contributed by atoms with Gasteiger partial charge in [-0.2, -0.15) is 11.8 Å². The van der Waals surface area contributed by atoms with Gasteiger partial charge in [-0.05, 0) is 37.7 Å².